The van der Waals surface area contributed by atoms with Crippen molar-refractivity contribution in [2.24, 2.45) is 0 Å². The van der Waals surface area contributed by atoms with Crippen molar-refractivity contribution in [1.29, 1.82) is 0 Å². The zero-order valence-electron chi connectivity index (χ0n) is 18.3. The van der Waals surface area contributed by atoms with Crippen LogP contribution in [-0.4, -0.2) is 14.4 Å². The molecule has 0 fully saturated rings. The highest BCUT2D eigenvalue weighted by atomic mass is 16.5. The van der Waals surface area contributed by atoms with Crippen LogP contribution in [0, 0.1) is 0 Å². The molecule has 0 bridgehead atoms. The van der Waals surface area contributed by atoms with Gasteiger partial charge in [-0.2, -0.15) is 4.40 Å². The maximum atomic E-state index is 6.61. The maximum Gasteiger partial charge on any atom is 0.407 e. The topological polar surface area (TPSA) is 47.2 Å². The molecule has 8 heterocycles. The number of hydrogen-bond acceptors (Lipinski definition) is 3. The summed E-state index contributed by atoms with van der Waals surface area (Å²) in [7, 11) is 0. The van der Waals surface area contributed by atoms with Crippen LogP contribution in [0.15, 0.2) is 91.4 Å². The minimum Gasteiger partial charge on any atom is -0.422 e. The van der Waals surface area contributed by atoms with Crippen molar-refractivity contribution >= 4 is 38.4 Å². The van der Waals surface area contributed by atoms with Crippen molar-refractivity contribution in [3.8, 4) is 22.9 Å². The van der Waals surface area contributed by atoms with Crippen molar-refractivity contribution in [1.82, 2.24) is 14.4 Å². The second-order valence-electron chi connectivity index (χ2n) is 9.48. The number of benzene rings is 2. The third-order valence-electron chi connectivity index (χ3n) is 8.07. The third-order valence-corrected chi connectivity index (χ3v) is 8.07. The van der Waals surface area contributed by atoms with E-state index in [4.69, 9.17) is 14.7 Å². The van der Waals surface area contributed by atoms with Crippen LogP contribution in [0.5, 0.6) is 11.6 Å². The average molecular weight is 449 g/mol. The van der Waals surface area contributed by atoms with E-state index in [0.29, 0.717) is 0 Å². The molecule has 5 aromatic heterocycles. The zero-order valence-corrected chi connectivity index (χ0v) is 18.3. The lowest BCUT2D eigenvalue weighted by Gasteiger charge is -2.26. The van der Waals surface area contributed by atoms with Gasteiger partial charge in [0.1, 0.15) is 22.3 Å². The molecule has 3 aliphatic heterocycles. The molecular formula is C29H15N5O+2. The molecule has 0 saturated carbocycles. The molecule has 1 unspecified atom stereocenters. The van der Waals surface area contributed by atoms with Gasteiger partial charge in [0.2, 0.25) is 11.4 Å². The first kappa shape index (κ1) is 16.7. The van der Waals surface area contributed by atoms with E-state index in [0.717, 1.165) is 39.2 Å². The molecule has 6 nitrogen and oxygen atoms in total. The highest BCUT2D eigenvalue weighted by Gasteiger charge is 2.70. The minimum absolute atomic E-state index is 0.610. The molecule has 7 aromatic rings. The second-order valence-corrected chi connectivity index (χ2v) is 9.48. The van der Waals surface area contributed by atoms with Gasteiger partial charge in [-0.05, 0) is 36.4 Å². The van der Waals surface area contributed by atoms with Gasteiger partial charge in [-0.1, -0.05) is 18.2 Å². The van der Waals surface area contributed by atoms with E-state index < -0.39 is 5.66 Å². The predicted molar refractivity (Wildman–Crippen MR) is 129 cm³/mol. The van der Waals surface area contributed by atoms with Crippen molar-refractivity contribution in [3.63, 3.8) is 0 Å². The van der Waals surface area contributed by atoms with Crippen molar-refractivity contribution in [2.45, 2.75) is 5.66 Å². The summed E-state index contributed by atoms with van der Waals surface area (Å²) in [6.07, 6.45) is 5.78. The Morgan fingerprint density at radius 1 is 0.771 bits per heavy atom. The summed E-state index contributed by atoms with van der Waals surface area (Å²) in [4.78, 5) is 9.68. The molecule has 6 heteroatoms. The van der Waals surface area contributed by atoms with Gasteiger partial charge in [-0.15, -0.1) is 9.13 Å². The summed E-state index contributed by atoms with van der Waals surface area (Å²) in [6.45, 7) is 0. The van der Waals surface area contributed by atoms with Crippen molar-refractivity contribution < 1.29 is 13.9 Å². The fraction of sp³-hybridized carbons (Fsp3) is 0.0345. The fourth-order valence-electron chi connectivity index (χ4n) is 7.00. The molecule has 0 N–H and O–H groups in total. The number of nitrogens with zero attached hydrogens (tertiary/aromatic N) is 5. The smallest absolute Gasteiger partial charge is 0.407 e. The molecule has 0 amide bonds. The van der Waals surface area contributed by atoms with Gasteiger partial charge < -0.3 is 4.74 Å². The van der Waals surface area contributed by atoms with Crippen LogP contribution in [0.2, 0.25) is 0 Å². The highest BCUT2D eigenvalue weighted by molar-refractivity contribution is 6.17. The number of aromatic nitrogens is 5. The maximum absolute atomic E-state index is 6.61. The number of ether oxygens (including phenoxy) is 1. The third kappa shape index (κ3) is 1.51. The average Bonchev–Trinajstić information content (AvgIpc) is 3.53. The molecule has 3 aliphatic rings. The largest absolute Gasteiger partial charge is 0.422 e. The standard InChI is InChI=1S/C29H15N5O/c1-2-7-17-16(6-1)26-25-24(30-13-14-31-25)19-11-12-22-34-28(19)33(26)27(17)29(34)23-18(8-5-10-21(23)35-22)20-9-3-4-15-32(20)29/h1-15H/q+2. The van der Waals surface area contributed by atoms with E-state index in [1.165, 1.54) is 33.3 Å². The first-order chi connectivity index (χ1) is 17.4. The van der Waals surface area contributed by atoms with Gasteiger partial charge in [-0.25, -0.2) is 4.98 Å². The van der Waals surface area contributed by atoms with Gasteiger partial charge >= 0.3 is 11.3 Å². The van der Waals surface area contributed by atoms with E-state index >= 15 is 0 Å². The highest BCUT2D eigenvalue weighted by Crippen LogP contribution is 2.54. The molecule has 1 spiro atoms. The lowest BCUT2D eigenvalue weighted by molar-refractivity contribution is -0.952. The quantitative estimate of drug-likeness (QED) is 0.254. The van der Waals surface area contributed by atoms with Crippen LogP contribution in [0.1, 0.15) is 11.3 Å². The number of hydrogen-bond donors (Lipinski definition) is 0. The summed E-state index contributed by atoms with van der Waals surface area (Å²) in [5, 5.41) is 3.47. The molecular weight excluding hydrogens is 434 g/mol. The first-order valence-electron chi connectivity index (χ1n) is 11.8. The molecule has 10 rings (SSSR count). The molecule has 0 radical (unpaired) electrons. The molecule has 2 aromatic carbocycles. The molecule has 0 saturated heterocycles. The molecule has 35 heavy (non-hydrogen) atoms. The predicted octanol–water partition coefficient (Wildman–Crippen LogP) is 4.46. The number of rotatable bonds is 0. The van der Waals surface area contributed by atoms with E-state index in [2.05, 4.69) is 92.5 Å². The van der Waals surface area contributed by atoms with Gasteiger partial charge in [0.05, 0.1) is 10.9 Å². The Morgan fingerprint density at radius 3 is 2.57 bits per heavy atom. The Balaban J connectivity index is 1.63. The Bertz CT molecular complexity index is 2160. The van der Waals surface area contributed by atoms with E-state index in [1.807, 2.05) is 0 Å². The lowest BCUT2D eigenvalue weighted by Crippen LogP contribution is -2.72. The second kappa shape index (κ2) is 5.13. The molecule has 160 valence electrons. The summed E-state index contributed by atoms with van der Waals surface area (Å²) >= 11 is 0. The Labute approximate surface area is 197 Å². The summed E-state index contributed by atoms with van der Waals surface area (Å²) in [5.74, 6) is 1.72. The van der Waals surface area contributed by atoms with E-state index in [1.54, 1.807) is 12.4 Å². The van der Waals surface area contributed by atoms with E-state index in [-0.39, 0.29) is 0 Å². The van der Waals surface area contributed by atoms with Gasteiger partial charge in [0.15, 0.2) is 11.7 Å². The van der Waals surface area contributed by atoms with Crippen LogP contribution in [-0.2, 0) is 5.66 Å². The monoisotopic (exact) mass is 449 g/mol. The lowest BCUT2D eigenvalue weighted by atomic mass is 9.90. The molecule has 1 atom stereocenters. The van der Waals surface area contributed by atoms with Crippen LogP contribution < -0.4 is 13.9 Å². The molecule has 0 aliphatic carbocycles. The van der Waals surface area contributed by atoms with Crippen LogP contribution in [0.4, 0.5) is 0 Å². The van der Waals surface area contributed by atoms with Crippen molar-refractivity contribution in [2.75, 3.05) is 0 Å². The summed E-state index contributed by atoms with van der Waals surface area (Å²) in [5.41, 5.74) is 8.19. The van der Waals surface area contributed by atoms with Gasteiger partial charge in [-0.3, -0.25) is 4.98 Å². The van der Waals surface area contributed by atoms with Crippen LogP contribution in [0.25, 0.3) is 49.6 Å². The number of fused-ring (bicyclic) bond motifs is 8. The Hall–Kier alpha value is -4.84. The van der Waals surface area contributed by atoms with Gasteiger partial charge in [0.25, 0.3) is 5.88 Å². The zero-order chi connectivity index (χ0) is 22.5. The van der Waals surface area contributed by atoms with Crippen LogP contribution >= 0.6 is 0 Å². The fourth-order valence-corrected chi connectivity index (χ4v) is 7.00. The summed E-state index contributed by atoms with van der Waals surface area (Å²) < 4.78 is 13.8. The minimum atomic E-state index is -0.610. The summed E-state index contributed by atoms with van der Waals surface area (Å²) in [6, 6.07) is 25.7. The normalized spacial score (nSPS) is 18.1. The first-order valence-corrected chi connectivity index (χ1v) is 11.8. The number of pyridine rings is 3. The SMILES string of the molecule is c1cc2c3c(c1)-c1cccc[n+]1C31c3c4ccccc4c4c5nccnc5c5ccc([n+]1c5n34)O2. The Morgan fingerprint density at radius 2 is 1.63 bits per heavy atom. The Kier molecular flexibility index (Phi) is 2.45. The van der Waals surface area contributed by atoms with E-state index in [9.17, 15) is 0 Å². The van der Waals surface area contributed by atoms with Crippen molar-refractivity contribution in [3.05, 3.63) is 103 Å². The van der Waals surface area contributed by atoms with Crippen LogP contribution in [0.3, 0.4) is 0 Å². The van der Waals surface area contributed by atoms with Gasteiger partial charge in [0, 0.05) is 41.4 Å².